The highest BCUT2D eigenvalue weighted by atomic mass is 32.2. The third kappa shape index (κ3) is 2.98. The fourth-order valence-electron chi connectivity index (χ4n) is 1.97. The van der Waals surface area contributed by atoms with E-state index in [-0.39, 0.29) is 5.75 Å². The van der Waals surface area contributed by atoms with E-state index in [2.05, 4.69) is 0 Å². The summed E-state index contributed by atoms with van der Waals surface area (Å²) in [4.78, 5) is 10.7. The zero-order valence-corrected chi connectivity index (χ0v) is 11.0. The summed E-state index contributed by atoms with van der Waals surface area (Å²) in [6.07, 6.45) is 4.55. The highest BCUT2D eigenvalue weighted by molar-refractivity contribution is 7.90. The van der Waals surface area contributed by atoms with Crippen molar-refractivity contribution in [3.05, 3.63) is 36.0 Å². The standard InChI is InChI=1S/C13H15NO3S/c1-18(16,17)8-2-6-14-7-5-12-4-3-11(10-15)9-13(12)14/h3-5,7,9-10H,2,6,8H2,1H3. The highest BCUT2D eigenvalue weighted by Crippen LogP contribution is 2.17. The van der Waals surface area contributed by atoms with Crippen LogP contribution in [0.1, 0.15) is 16.8 Å². The lowest BCUT2D eigenvalue weighted by atomic mass is 10.2. The van der Waals surface area contributed by atoms with E-state index < -0.39 is 9.84 Å². The van der Waals surface area contributed by atoms with Crippen molar-refractivity contribution >= 4 is 27.0 Å². The van der Waals surface area contributed by atoms with Crippen LogP contribution >= 0.6 is 0 Å². The van der Waals surface area contributed by atoms with E-state index in [1.807, 2.05) is 29.0 Å². The Morgan fingerprint density at radius 2 is 2.06 bits per heavy atom. The van der Waals surface area contributed by atoms with Gasteiger partial charge in [0.05, 0.1) is 5.75 Å². The quantitative estimate of drug-likeness (QED) is 0.776. The van der Waals surface area contributed by atoms with Gasteiger partial charge in [0.1, 0.15) is 16.1 Å². The number of benzene rings is 1. The van der Waals surface area contributed by atoms with Crippen LogP contribution in [0.25, 0.3) is 10.9 Å². The predicted molar refractivity (Wildman–Crippen MR) is 71.7 cm³/mol. The maximum atomic E-state index is 11.1. The van der Waals surface area contributed by atoms with E-state index in [1.54, 1.807) is 6.07 Å². The molecule has 2 rings (SSSR count). The topological polar surface area (TPSA) is 56.1 Å². The maximum Gasteiger partial charge on any atom is 0.150 e. The van der Waals surface area contributed by atoms with Crippen molar-refractivity contribution in [3.63, 3.8) is 0 Å². The fourth-order valence-corrected chi connectivity index (χ4v) is 2.62. The number of rotatable bonds is 5. The molecule has 0 saturated heterocycles. The maximum absolute atomic E-state index is 11.1. The first kappa shape index (κ1) is 12.8. The van der Waals surface area contributed by atoms with E-state index in [1.165, 1.54) is 6.26 Å². The van der Waals surface area contributed by atoms with Crippen molar-refractivity contribution in [2.24, 2.45) is 0 Å². The van der Waals surface area contributed by atoms with Gasteiger partial charge in [0.15, 0.2) is 0 Å². The molecule has 0 amide bonds. The van der Waals surface area contributed by atoms with Crippen molar-refractivity contribution in [1.82, 2.24) is 4.57 Å². The number of hydrogen-bond donors (Lipinski definition) is 0. The van der Waals surface area contributed by atoms with E-state index in [0.717, 1.165) is 17.2 Å². The Kier molecular flexibility index (Phi) is 3.52. The van der Waals surface area contributed by atoms with Gasteiger partial charge in [-0.25, -0.2) is 8.42 Å². The molecule has 18 heavy (non-hydrogen) atoms. The third-order valence-corrected chi connectivity index (χ3v) is 3.88. The summed E-state index contributed by atoms with van der Waals surface area (Å²) in [6, 6.07) is 7.45. The molecular formula is C13H15NO3S. The van der Waals surface area contributed by atoms with Gasteiger partial charge < -0.3 is 4.57 Å². The molecule has 0 atom stereocenters. The molecule has 1 aromatic heterocycles. The normalized spacial score (nSPS) is 11.8. The highest BCUT2D eigenvalue weighted by Gasteiger charge is 2.05. The lowest BCUT2D eigenvalue weighted by Crippen LogP contribution is -2.06. The molecular weight excluding hydrogens is 250 g/mol. The SMILES string of the molecule is CS(=O)(=O)CCCn1ccc2ccc(C=O)cc21. The van der Waals surface area contributed by atoms with E-state index in [0.29, 0.717) is 18.5 Å². The van der Waals surface area contributed by atoms with Gasteiger partial charge in [0.2, 0.25) is 0 Å². The Labute approximate surface area is 106 Å². The lowest BCUT2D eigenvalue weighted by Gasteiger charge is -2.05. The van der Waals surface area contributed by atoms with Gasteiger partial charge in [-0.3, -0.25) is 4.79 Å². The number of aryl methyl sites for hydroxylation is 1. The minimum Gasteiger partial charge on any atom is -0.347 e. The van der Waals surface area contributed by atoms with Gasteiger partial charge >= 0.3 is 0 Å². The Balaban J connectivity index is 2.20. The molecule has 2 aromatic rings. The number of carbonyl (C=O) groups is 1. The Morgan fingerprint density at radius 1 is 1.28 bits per heavy atom. The second-order valence-electron chi connectivity index (χ2n) is 4.43. The summed E-state index contributed by atoms with van der Waals surface area (Å²) in [5.74, 6) is 0.181. The molecule has 0 N–H and O–H groups in total. The molecule has 0 radical (unpaired) electrons. The first-order chi connectivity index (χ1) is 8.49. The molecule has 1 aromatic carbocycles. The minimum atomic E-state index is -2.91. The van der Waals surface area contributed by atoms with Crippen molar-refractivity contribution in [1.29, 1.82) is 0 Å². The van der Waals surface area contributed by atoms with Gasteiger partial charge in [-0.15, -0.1) is 0 Å². The number of nitrogens with zero attached hydrogens (tertiary/aromatic N) is 1. The van der Waals surface area contributed by atoms with Crippen LogP contribution in [0.4, 0.5) is 0 Å². The zero-order chi connectivity index (χ0) is 13.2. The number of fused-ring (bicyclic) bond motifs is 1. The van der Waals surface area contributed by atoms with Crippen molar-refractivity contribution in [2.75, 3.05) is 12.0 Å². The number of carbonyl (C=O) groups excluding carboxylic acids is 1. The monoisotopic (exact) mass is 265 g/mol. The van der Waals surface area contributed by atoms with Gasteiger partial charge in [-0.2, -0.15) is 0 Å². The van der Waals surface area contributed by atoms with Crippen LogP contribution in [0.5, 0.6) is 0 Å². The Morgan fingerprint density at radius 3 is 2.72 bits per heavy atom. The number of hydrogen-bond acceptors (Lipinski definition) is 3. The molecule has 0 spiro atoms. The third-order valence-electron chi connectivity index (χ3n) is 2.85. The molecule has 96 valence electrons. The second kappa shape index (κ2) is 4.94. The molecule has 5 heteroatoms. The van der Waals surface area contributed by atoms with E-state index in [4.69, 9.17) is 0 Å². The lowest BCUT2D eigenvalue weighted by molar-refractivity contribution is 0.112. The second-order valence-corrected chi connectivity index (χ2v) is 6.69. The van der Waals surface area contributed by atoms with Crippen molar-refractivity contribution in [2.45, 2.75) is 13.0 Å². The van der Waals surface area contributed by atoms with Crippen molar-refractivity contribution < 1.29 is 13.2 Å². The first-order valence-electron chi connectivity index (χ1n) is 5.71. The van der Waals surface area contributed by atoms with Crippen LogP contribution < -0.4 is 0 Å². The predicted octanol–water partition coefficient (Wildman–Crippen LogP) is 1.89. The van der Waals surface area contributed by atoms with Gasteiger partial charge in [-0.1, -0.05) is 12.1 Å². The summed E-state index contributed by atoms with van der Waals surface area (Å²) in [6.45, 7) is 0.638. The molecule has 0 bridgehead atoms. The molecule has 4 nitrogen and oxygen atoms in total. The summed E-state index contributed by atoms with van der Waals surface area (Å²) in [7, 11) is -2.91. The van der Waals surface area contributed by atoms with Crippen LogP contribution in [0.2, 0.25) is 0 Å². The average Bonchev–Trinajstić information content (AvgIpc) is 2.70. The van der Waals surface area contributed by atoms with Crippen molar-refractivity contribution in [3.8, 4) is 0 Å². The molecule has 0 unspecified atom stereocenters. The minimum absolute atomic E-state index is 0.181. The Bertz CT molecular complexity index is 671. The number of aldehydes is 1. The summed E-state index contributed by atoms with van der Waals surface area (Å²) < 4.78 is 24.1. The van der Waals surface area contributed by atoms with Gasteiger partial charge in [-0.05, 0) is 23.9 Å². The average molecular weight is 265 g/mol. The van der Waals surface area contributed by atoms with Gasteiger partial charge in [0.25, 0.3) is 0 Å². The van der Waals surface area contributed by atoms with Gasteiger partial charge in [0, 0.05) is 30.1 Å². The summed E-state index contributed by atoms with van der Waals surface area (Å²) >= 11 is 0. The fraction of sp³-hybridized carbons (Fsp3) is 0.308. The molecule has 1 heterocycles. The van der Waals surface area contributed by atoms with E-state index in [9.17, 15) is 13.2 Å². The van der Waals surface area contributed by atoms with Crippen LogP contribution in [0.15, 0.2) is 30.5 Å². The summed E-state index contributed by atoms with van der Waals surface area (Å²) in [5, 5.41) is 1.06. The molecule has 0 saturated carbocycles. The number of aromatic nitrogens is 1. The smallest absolute Gasteiger partial charge is 0.150 e. The first-order valence-corrected chi connectivity index (χ1v) is 7.77. The molecule has 0 aliphatic rings. The zero-order valence-electron chi connectivity index (χ0n) is 10.2. The molecule has 0 aliphatic carbocycles. The van der Waals surface area contributed by atoms with Crippen LogP contribution in [-0.4, -0.2) is 31.3 Å². The van der Waals surface area contributed by atoms with Crippen LogP contribution in [0.3, 0.4) is 0 Å². The molecule has 0 aliphatic heterocycles. The van der Waals surface area contributed by atoms with Crippen LogP contribution in [0, 0.1) is 0 Å². The molecule has 0 fully saturated rings. The van der Waals surface area contributed by atoms with Crippen LogP contribution in [-0.2, 0) is 16.4 Å². The Hall–Kier alpha value is -1.62. The van der Waals surface area contributed by atoms with E-state index >= 15 is 0 Å². The number of sulfone groups is 1. The largest absolute Gasteiger partial charge is 0.347 e. The summed E-state index contributed by atoms with van der Waals surface area (Å²) in [5.41, 5.74) is 1.60.